The summed E-state index contributed by atoms with van der Waals surface area (Å²) in [5, 5.41) is 7.41. The summed E-state index contributed by atoms with van der Waals surface area (Å²) >= 11 is 0. The summed E-state index contributed by atoms with van der Waals surface area (Å²) in [6.07, 6.45) is 5.52. The minimum Gasteiger partial charge on any atom is -0.370 e. The third-order valence-corrected chi connectivity index (χ3v) is 3.44. The predicted octanol–water partition coefficient (Wildman–Crippen LogP) is 1.86. The summed E-state index contributed by atoms with van der Waals surface area (Å²) in [6, 6.07) is 0. The Hall–Kier alpha value is -0.860. The summed E-state index contributed by atoms with van der Waals surface area (Å²) in [7, 11) is 0. The molecule has 0 atom stereocenters. The fourth-order valence-corrected chi connectivity index (χ4v) is 2.09. The number of nitrogens with zero attached hydrogens (tertiary/aromatic N) is 4. The van der Waals surface area contributed by atoms with Crippen molar-refractivity contribution < 1.29 is 0 Å². The molecule has 7 heteroatoms. The predicted molar refractivity (Wildman–Crippen MR) is 91.1 cm³/mol. The highest BCUT2D eigenvalue weighted by Gasteiger charge is 2.18. The molecule has 0 radical (unpaired) electrons. The second-order valence-electron chi connectivity index (χ2n) is 6.14. The monoisotopic (exact) mass is 392 g/mol. The number of guanidine groups is 1. The Balaban J connectivity index is 0.00000200. The lowest BCUT2D eigenvalue weighted by Crippen LogP contribution is -2.37. The first kappa shape index (κ1) is 17.2. The van der Waals surface area contributed by atoms with Gasteiger partial charge in [-0.3, -0.25) is 0 Å². The van der Waals surface area contributed by atoms with Crippen molar-refractivity contribution in [2.24, 2.45) is 16.6 Å². The summed E-state index contributed by atoms with van der Waals surface area (Å²) in [5.41, 5.74) is 5.77. The normalized spacial score (nSPS) is 16.4. The van der Waals surface area contributed by atoms with Gasteiger partial charge < -0.3 is 11.1 Å². The SMILES string of the molecule is CC(C)(C)n1ncnc1CN=C(N)NCC1CCC1.I. The summed E-state index contributed by atoms with van der Waals surface area (Å²) in [5.74, 6) is 2.10. The third-order valence-electron chi connectivity index (χ3n) is 3.44. The van der Waals surface area contributed by atoms with Gasteiger partial charge in [0.2, 0.25) is 0 Å². The van der Waals surface area contributed by atoms with E-state index in [0.717, 1.165) is 18.3 Å². The molecule has 6 nitrogen and oxygen atoms in total. The van der Waals surface area contributed by atoms with E-state index < -0.39 is 0 Å². The smallest absolute Gasteiger partial charge is 0.189 e. The Bertz CT molecular complexity index is 444. The number of rotatable bonds is 4. The van der Waals surface area contributed by atoms with Crippen LogP contribution in [0.15, 0.2) is 11.3 Å². The average Bonchev–Trinajstić information content (AvgIpc) is 2.71. The maximum atomic E-state index is 5.86. The number of aliphatic imine (C=N–C) groups is 1. The van der Waals surface area contributed by atoms with Gasteiger partial charge in [0.05, 0.1) is 5.54 Å². The fourth-order valence-electron chi connectivity index (χ4n) is 2.09. The van der Waals surface area contributed by atoms with Gasteiger partial charge in [-0.15, -0.1) is 24.0 Å². The minimum absolute atomic E-state index is 0. The molecule has 0 amide bonds. The molecular formula is C13H25IN6. The number of aromatic nitrogens is 3. The molecule has 20 heavy (non-hydrogen) atoms. The first-order valence-corrected chi connectivity index (χ1v) is 6.90. The summed E-state index contributed by atoms with van der Waals surface area (Å²) < 4.78 is 1.88. The lowest BCUT2D eigenvalue weighted by Gasteiger charge is -2.25. The van der Waals surface area contributed by atoms with Crippen molar-refractivity contribution in [1.82, 2.24) is 20.1 Å². The van der Waals surface area contributed by atoms with Crippen LogP contribution in [0.3, 0.4) is 0 Å². The van der Waals surface area contributed by atoms with Crippen molar-refractivity contribution >= 4 is 29.9 Å². The van der Waals surface area contributed by atoms with Crippen LogP contribution < -0.4 is 11.1 Å². The van der Waals surface area contributed by atoms with Crippen molar-refractivity contribution in [2.75, 3.05) is 6.54 Å². The van der Waals surface area contributed by atoms with E-state index in [4.69, 9.17) is 5.73 Å². The molecule has 0 unspecified atom stereocenters. The van der Waals surface area contributed by atoms with E-state index in [1.54, 1.807) is 6.33 Å². The van der Waals surface area contributed by atoms with Gasteiger partial charge in [-0.25, -0.2) is 14.7 Å². The van der Waals surface area contributed by atoms with Crippen LogP contribution in [-0.2, 0) is 12.1 Å². The van der Waals surface area contributed by atoms with E-state index in [1.165, 1.54) is 19.3 Å². The van der Waals surface area contributed by atoms with E-state index in [2.05, 4.69) is 41.2 Å². The van der Waals surface area contributed by atoms with Crippen LogP contribution in [0.2, 0.25) is 0 Å². The van der Waals surface area contributed by atoms with Crippen molar-refractivity contribution in [2.45, 2.75) is 52.1 Å². The molecule has 1 heterocycles. The van der Waals surface area contributed by atoms with E-state index in [9.17, 15) is 0 Å². The zero-order valence-corrected chi connectivity index (χ0v) is 14.8. The maximum absolute atomic E-state index is 5.86. The number of hydrogen-bond donors (Lipinski definition) is 2. The molecular weight excluding hydrogens is 367 g/mol. The van der Waals surface area contributed by atoms with Crippen molar-refractivity contribution in [1.29, 1.82) is 0 Å². The molecule has 0 saturated heterocycles. The standard InChI is InChI=1S/C13H24N6.HI/c1-13(2,3)19-11(17-9-18-19)8-16-12(14)15-7-10-5-4-6-10;/h9-10H,4-8H2,1-3H3,(H3,14,15,16);1H. The maximum Gasteiger partial charge on any atom is 0.189 e. The molecule has 1 aliphatic rings. The topological polar surface area (TPSA) is 81.1 Å². The summed E-state index contributed by atoms with van der Waals surface area (Å²) in [4.78, 5) is 8.57. The second-order valence-corrected chi connectivity index (χ2v) is 6.14. The third kappa shape index (κ3) is 4.60. The van der Waals surface area contributed by atoms with E-state index in [0.29, 0.717) is 12.5 Å². The summed E-state index contributed by atoms with van der Waals surface area (Å²) in [6.45, 7) is 7.66. The quantitative estimate of drug-likeness (QED) is 0.466. The van der Waals surface area contributed by atoms with Crippen LogP contribution in [0.5, 0.6) is 0 Å². The molecule has 1 saturated carbocycles. The number of hydrogen-bond acceptors (Lipinski definition) is 3. The highest BCUT2D eigenvalue weighted by Crippen LogP contribution is 2.24. The highest BCUT2D eigenvalue weighted by molar-refractivity contribution is 14.0. The molecule has 114 valence electrons. The lowest BCUT2D eigenvalue weighted by atomic mass is 9.85. The minimum atomic E-state index is -0.0878. The number of halogens is 1. The molecule has 0 aliphatic heterocycles. The Labute approximate surface area is 137 Å². The Morgan fingerprint density at radius 1 is 1.50 bits per heavy atom. The van der Waals surface area contributed by atoms with Gasteiger partial charge in [0.1, 0.15) is 18.7 Å². The number of nitrogens with one attached hydrogen (secondary N) is 1. The van der Waals surface area contributed by atoms with Gasteiger partial charge >= 0.3 is 0 Å². The van der Waals surface area contributed by atoms with Crippen LogP contribution in [0.25, 0.3) is 0 Å². The first-order valence-electron chi connectivity index (χ1n) is 6.90. The van der Waals surface area contributed by atoms with E-state index in [1.807, 2.05) is 4.68 Å². The molecule has 0 aromatic carbocycles. The van der Waals surface area contributed by atoms with Crippen LogP contribution in [0, 0.1) is 5.92 Å². The van der Waals surface area contributed by atoms with Crippen molar-refractivity contribution in [3.8, 4) is 0 Å². The number of nitrogens with two attached hydrogens (primary N) is 1. The average molecular weight is 392 g/mol. The van der Waals surface area contributed by atoms with E-state index >= 15 is 0 Å². The van der Waals surface area contributed by atoms with Gasteiger partial charge in [0.15, 0.2) is 5.96 Å². The fraction of sp³-hybridized carbons (Fsp3) is 0.769. The van der Waals surface area contributed by atoms with E-state index in [-0.39, 0.29) is 29.5 Å². The van der Waals surface area contributed by atoms with Gasteiger partial charge in [-0.2, -0.15) is 5.10 Å². The Kier molecular flexibility index (Phi) is 6.22. The molecule has 3 N–H and O–H groups in total. The van der Waals surface area contributed by atoms with Gasteiger partial charge in [-0.05, 0) is 39.5 Å². The molecule has 2 rings (SSSR count). The second kappa shape index (κ2) is 7.24. The van der Waals surface area contributed by atoms with Crippen molar-refractivity contribution in [3.05, 3.63) is 12.2 Å². The molecule has 1 fully saturated rings. The first-order chi connectivity index (χ1) is 8.97. The Morgan fingerprint density at radius 2 is 2.20 bits per heavy atom. The molecule has 0 spiro atoms. The van der Waals surface area contributed by atoms with Crippen LogP contribution in [0.1, 0.15) is 45.9 Å². The zero-order valence-electron chi connectivity index (χ0n) is 12.5. The van der Waals surface area contributed by atoms with Crippen LogP contribution in [0.4, 0.5) is 0 Å². The molecule has 1 aliphatic carbocycles. The van der Waals surface area contributed by atoms with Gasteiger partial charge in [-0.1, -0.05) is 6.42 Å². The van der Waals surface area contributed by atoms with Gasteiger partial charge in [0, 0.05) is 6.54 Å². The molecule has 1 aromatic heterocycles. The Morgan fingerprint density at radius 3 is 2.75 bits per heavy atom. The molecule has 0 bridgehead atoms. The largest absolute Gasteiger partial charge is 0.370 e. The van der Waals surface area contributed by atoms with Gasteiger partial charge in [0.25, 0.3) is 0 Å². The van der Waals surface area contributed by atoms with Crippen molar-refractivity contribution in [3.63, 3.8) is 0 Å². The zero-order chi connectivity index (χ0) is 13.9. The molecule has 1 aromatic rings. The lowest BCUT2D eigenvalue weighted by molar-refractivity contribution is 0.315. The highest BCUT2D eigenvalue weighted by atomic mass is 127. The van der Waals surface area contributed by atoms with Crippen LogP contribution in [-0.4, -0.2) is 27.3 Å². The van der Waals surface area contributed by atoms with Crippen LogP contribution >= 0.6 is 24.0 Å².